The Hall–Kier alpha value is -2.45. The first-order chi connectivity index (χ1) is 13.7. The van der Waals surface area contributed by atoms with E-state index in [2.05, 4.69) is 27.6 Å². The third-order valence-electron chi connectivity index (χ3n) is 3.95. The zero-order valence-corrected chi connectivity index (χ0v) is 17.4. The van der Waals surface area contributed by atoms with E-state index in [1.165, 1.54) is 16.7 Å². The van der Waals surface area contributed by atoms with Crippen LogP contribution in [-0.4, -0.2) is 45.8 Å². The number of rotatable bonds is 9. The first kappa shape index (κ1) is 20.3. The molecule has 1 heterocycles. The number of methoxy groups -OCH3 is 1. The van der Waals surface area contributed by atoms with E-state index < -0.39 is 0 Å². The predicted octanol–water partition coefficient (Wildman–Crippen LogP) is 3.49. The van der Waals surface area contributed by atoms with Crippen LogP contribution in [0, 0.1) is 0 Å². The molecule has 1 amide bonds. The van der Waals surface area contributed by atoms with Gasteiger partial charge in [0.05, 0.1) is 18.4 Å². The molecule has 0 bridgehead atoms. The van der Waals surface area contributed by atoms with E-state index in [4.69, 9.17) is 4.74 Å². The summed E-state index contributed by atoms with van der Waals surface area (Å²) in [5.41, 5.74) is 0.870. The molecular formula is C20H22N4O2S2. The third kappa shape index (κ3) is 5.30. The van der Waals surface area contributed by atoms with Crippen LogP contribution < -0.4 is 10.1 Å². The number of nitrogens with one attached hydrogen (secondary N) is 1. The Bertz CT molecular complexity index is 916. The molecule has 1 aromatic heterocycles. The zero-order chi connectivity index (χ0) is 19.8. The number of carbonyl (C=O) groups excluding carboxylic acids is 1. The third-order valence-corrected chi connectivity index (χ3v) is 5.99. The second-order valence-electron chi connectivity index (χ2n) is 5.87. The molecule has 3 rings (SSSR count). The molecule has 0 saturated carbocycles. The molecule has 0 atom stereocenters. The number of hydrogen-bond acceptors (Lipinski definition) is 6. The maximum absolute atomic E-state index is 12.1. The Balaban J connectivity index is 1.48. The maximum Gasteiger partial charge on any atom is 0.230 e. The molecule has 8 heteroatoms. The lowest BCUT2D eigenvalue weighted by Crippen LogP contribution is -2.27. The quantitative estimate of drug-likeness (QED) is 0.427. The second-order valence-corrected chi connectivity index (χ2v) is 7.98. The highest BCUT2D eigenvalue weighted by molar-refractivity contribution is 7.99. The van der Waals surface area contributed by atoms with Crippen LogP contribution in [-0.2, 0) is 11.8 Å². The molecule has 146 valence electrons. The molecular weight excluding hydrogens is 392 g/mol. The number of thioether (sulfide) groups is 2. The maximum atomic E-state index is 12.1. The summed E-state index contributed by atoms with van der Waals surface area (Å²) in [5, 5.41) is 12.1. The van der Waals surface area contributed by atoms with Gasteiger partial charge in [0.1, 0.15) is 5.75 Å². The van der Waals surface area contributed by atoms with Crippen LogP contribution >= 0.6 is 23.5 Å². The fraction of sp³-hybridized carbons (Fsp3) is 0.250. The molecule has 0 unspecified atom stereocenters. The topological polar surface area (TPSA) is 69.0 Å². The molecule has 2 aromatic carbocycles. The van der Waals surface area contributed by atoms with E-state index in [0.29, 0.717) is 23.3 Å². The average Bonchev–Trinajstić information content (AvgIpc) is 3.10. The second kappa shape index (κ2) is 10.2. The normalized spacial score (nSPS) is 10.6. The summed E-state index contributed by atoms with van der Waals surface area (Å²) in [5.74, 6) is 2.57. The highest BCUT2D eigenvalue weighted by Gasteiger charge is 2.15. The van der Waals surface area contributed by atoms with Crippen molar-refractivity contribution in [3.63, 3.8) is 0 Å². The highest BCUT2D eigenvalue weighted by atomic mass is 32.2. The average molecular weight is 415 g/mol. The predicted molar refractivity (Wildman–Crippen MR) is 114 cm³/mol. The Morgan fingerprint density at radius 3 is 2.61 bits per heavy atom. The van der Waals surface area contributed by atoms with Gasteiger partial charge < -0.3 is 14.6 Å². The first-order valence-corrected chi connectivity index (χ1v) is 10.8. The number of carbonyl (C=O) groups is 1. The van der Waals surface area contributed by atoms with Crippen molar-refractivity contribution in [2.75, 3.05) is 25.2 Å². The fourth-order valence-electron chi connectivity index (χ4n) is 2.56. The van der Waals surface area contributed by atoms with Gasteiger partial charge in [0.25, 0.3) is 0 Å². The van der Waals surface area contributed by atoms with E-state index in [0.717, 1.165) is 17.1 Å². The van der Waals surface area contributed by atoms with Gasteiger partial charge in [-0.15, -0.1) is 22.0 Å². The lowest BCUT2D eigenvalue weighted by Gasteiger charge is -2.08. The van der Waals surface area contributed by atoms with Gasteiger partial charge in [-0.1, -0.05) is 42.1 Å². The van der Waals surface area contributed by atoms with E-state index >= 15 is 0 Å². The van der Waals surface area contributed by atoms with Crippen LogP contribution in [0.4, 0.5) is 0 Å². The minimum absolute atomic E-state index is 0.0134. The van der Waals surface area contributed by atoms with Gasteiger partial charge in [0.2, 0.25) is 5.91 Å². The Labute approximate surface area is 173 Å². The van der Waals surface area contributed by atoms with Crippen LogP contribution in [0.1, 0.15) is 0 Å². The SMILES string of the molecule is COc1ccccc1-c1nnc(SCC(=O)NCCSc2ccccc2)n1C. The minimum Gasteiger partial charge on any atom is -0.496 e. The van der Waals surface area contributed by atoms with Crippen LogP contribution in [0.2, 0.25) is 0 Å². The lowest BCUT2D eigenvalue weighted by molar-refractivity contribution is -0.118. The van der Waals surface area contributed by atoms with Crippen molar-refractivity contribution in [3.05, 3.63) is 54.6 Å². The van der Waals surface area contributed by atoms with Gasteiger partial charge in [-0.05, 0) is 24.3 Å². The number of nitrogens with zero attached hydrogens (tertiary/aromatic N) is 3. The summed E-state index contributed by atoms with van der Waals surface area (Å²) in [6.45, 7) is 0.629. The standard InChI is InChI=1S/C20H22N4O2S2/c1-24-19(16-10-6-7-11-17(16)26-2)22-23-20(24)28-14-18(25)21-12-13-27-15-8-4-3-5-9-15/h3-11H,12-14H2,1-2H3,(H,21,25). The van der Waals surface area contributed by atoms with Crippen molar-refractivity contribution in [1.29, 1.82) is 0 Å². The summed E-state index contributed by atoms with van der Waals surface area (Å²) in [4.78, 5) is 13.3. The van der Waals surface area contributed by atoms with Gasteiger partial charge >= 0.3 is 0 Å². The number of aromatic nitrogens is 3. The number of hydrogen-bond donors (Lipinski definition) is 1. The molecule has 0 radical (unpaired) electrons. The summed E-state index contributed by atoms with van der Waals surface area (Å²) < 4.78 is 7.27. The number of benzene rings is 2. The number of ether oxygens (including phenoxy) is 1. The molecule has 0 aliphatic heterocycles. The minimum atomic E-state index is -0.0134. The van der Waals surface area contributed by atoms with Crippen LogP contribution in [0.15, 0.2) is 64.6 Å². The summed E-state index contributed by atoms with van der Waals surface area (Å²) in [6.07, 6.45) is 0. The van der Waals surface area contributed by atoms with E-state index in [1.54, 1.807) is 18.9 Å². The van der Waals surface area contributed by atoms with Crippen LogP contribution in [0.5, 0.6) is 5.75 Å². The molecule has 0 aliphatic rings. The Kier molecular flexibility index (Phi) is 7.39. The van der Waals surface area contributed by atoms with Crippen molar-refractivity contribution in [2.45, 2.75) is 10.1 Å². The Morgan fingerprint density at radius 1 is 1.07 bits per heavy atom. The summed E-state index contributed by atoms with van der Waals surface area (Å²) in [6, 6.07) is 17.8. The zero-order valence-electron chi connectivity index (χ0n) is 15.8. The molecule has 0 fully saturated rings. The van der Waals surface area contributed by atoms with E-state index in [-0.39, 0.29) is 5.91 Å². The van der Waals surface area contributed by atoms with Crippen molar-refractivity contribution in [1.82, 2.24) is 20.1 Å². The van der Waals surface area contributed by atoms with Crippen molar-refractivity contribution in [2.24, 2.45) is 7.05 Å². The van der Waals surface area contributed by atoms with Crippen molar-refractivity contribution in [3.8, 4) is 17.1 Å². The van der Waals surface area contributed by atoms with Crippen LogP contribution in [0.25, 0.3) is 11.4 Å². The van der Waals surface area contributed by atoms with Gasteiger partial charge in [0.15, 0.2) is 11.0 Å². The molecule has 3 aromatic rings. The fourth-order valence-corrected chi connectivity index (χ4v) is 4.09. The highest BCUT2D eigenvalue weighted by Crippen LogP contribution is 2.29. The smallest absolute Gasteiger partial charge is 0.230 e. The van der Waals surface area contributed by atoms with E-state index in [1.807, 2.05) is 54.1 Å². The molecule has 6 nitrogen and oxygen atoms in total. The Morgan fingerprint density at radius 2 is 1.82 bits per heavy atom. The van der Waals surface area contributed by atoms with Crippen molar-refractivity contribution < 1.29 is 9.53 Å². The molecule has 28 heavy (non-hydrogen) atoms. The summed E-state index contributed by atoms with van der Waals surface area (Å²) >= 11 is 3.09. The van der Waals surface area contributed by atoms with Crippen molar-refractivity contribution >= 4 is 29.4 Å². The molecule has 0 spiro atoms. The van der Waals surface area contributed by atoms with Gasteiger partial charge in [-0.2, -0.15) is 0 Å². The number of para-hydroxylation sites is 1. The summed E-state index contributed by atoms with van der Waals surface area (Å²) in [7, 11) is 3.52. The van der Waals surface area contributed by atoms with E-state index in [9.17, 15) is 4.79 Å². The lowest BCUT2D eigenvalue weighted by atomic mass is 10.2. The number of amides is 1. The largest absolute Gasteiger partial charge is 0.496 e. The molecule has 0 saturated heterocycles. The van der Waals surface area contributed by atoms with Gasteiger partial charge in [0, 0.05) is 24.2 Å². The van der Waals surface area contributed by atoms with Crippen LogP contribution in [0.3, 0.4) is 0 Å². The molecule has 0 aliphatic carbocycles. The first-order valence-electron chi connectivity index (χ1n) is 8.79. The van der Waals surface area contributed by atoms with Gasteiger partial charge in [-0.3, -0.25) is 4.79 Å². The van der Waals surface area contributed by atoms with Gasteiger partial charge in [-0.25, -0.2) is 0 Å². The monoisotopic (exact) mass is 414 g/mol. The molecule has 1 N–H and O–H groups in total.